The largest absolute Gasteiger partial charge is 0.481 e. The molecule has 0 spiro atoms. The van der Waals surface area contributed by atoms with Gasteiger partial charge in [-0.3, -0.25) is 9.89 Å². The molecule has 0 radical (unpaired) electrons. The summed E-state index contributed by atoms with van der Waals surface area (Å²) in [5.74, 6) is -1.12. The van der Waals surface area contributed by atoms with Crippen molar-refractivity contribution in [3.05, 3.63) is 47.3 Å². The number of aryl methyl sites for hydroxylation is 1. The SMILES string of the molecule is Cc1cn[nH]c1CNc1ccc(CC(C)C(=O)O)cc1. The van der Waals surface area contributed by atoms with Gasteiger partial charge in [0.05, 0.1) is 24.4 Å². The molecule has 1 aromatic heterocycles. The Morgan fingerprint density at radius 1 is 1.40 bits per heavy atom. The van der Waals surface area contributed by atoms with E-state index in [1.165, 1.54) is 0 Å². The third-order valence-corrected chi connectivity index (χ3v) is 3.32. The average Bonchev–Trinajstić information content (AvgIpc) is 2.83. The molecule has 1 atom stereocenters. The number of anilines is 1. The Bertz CT molecular complexity index is 575. The van der Waals surface area contributed by atoms with E-state index in [1.54, 1.807) is 13.1 Å². The molecule has 1 heterocycles. The standard InChI is InChI=1S/C15H19N3O2/c1-10(15(19)20)7-12-3-5-13(6-4-12)16-9-14-11(2)8-17-18-14/h3-6,8,10,16H,7,9H2,1-2H3,(H,17,18)(H,19,20). The van der Waals surface area contributed by atoms with Crippen LogP contribution in [-0.4, -0.2) is 21.3 Å². The summed E-state index contributed by atoms with van der Waals surface area (Å²) >= 11 is 0. The number of hydrogen-bond donors (Lipinski definition) is 3. The third kappa shape index (κ3) is 3.60. The fourth-order valence-corrected chi connectivity index (χ4v) is 1.94. The molecule has 1 aromatic carbocycles. The molecular weight excluding hydrogens is 254 g/mol. The Balaban J connectivity index is 1.91. The normalized spacial score (nSPS) is 12.1. The van der Waals surface area contributed by atoms with E-state index >= 15 is 0 Å². The third-order valence-electron chi connectivity index (χ3n) is 3.32. The van der Waals surface area contributed by atoms with Crippen LogP contribution in [0, 0.1) is 12.8 Å². The van der Waals surface area contributed by atoms with Crippen LogP contribution in [0.4, 0.5) is 5.69 Å². The van der Waals surface area contributed by atoms with Gasteiger partial charge in [-0.25, -0.2) is 0 Å². The van der Waals surface area contributed by atoms with Crippen LogP contribution in [0.2, 0.25) is 0 Å². The first-order chi connectivity index (χ1) is 9.56. The summed E-state index contributed by atoms with van der Waals surface area (Å²) < 4.78 is 0. The molecule has 2 rings (SSSR count). The highest BCUT2D eigenvalue weighted by Crippen LogP contribution is 2.14. The smallest absolute Gasteiger partial charge is 0.306 e. The van der Waals surface area contributed by atoms with Crippen molar-refractivity contribution < 1.29 is 9.90 Å². The van der Waals surface area contributed by atoms with Gasteiger partial charge in [-0.2, -0.15) is 5.10 Å². The maximum absolute atomic E-state index is 10.8. The summed E-state index contributed by atoms with van der Waals surface area (Å²) in [6, 6.07) is 7.86. The van der Waals surface area contributed by atoms with Gasteiger partial charge < -0.3 is 10.4 Å². The number of H-pyrrole nitrogens is 1. The first kappa shape index (κ1) is 14.1. The zero-order valence-corrected chi connectivity index (χ0v) is 11.7. The molecule has 0 amide bonds. The van der Waals surface area contributed by atoms with Gasteiger partial charge in [0.1, 0.15) is 0 Å². The minimum absolute atomic E-state index is 0.360. The molecule has 106 valence electrons. The Kier molecular flexibility index (Phi) is 4.40. The molecule has 5 heteroatoms. The van der Waals surface area contributed by atoms with Crippen LogP contribution in [0.15, 0.2) is 30.5 Å². The summed E-state index contributed by atoms with van der Waals surface area (Å²) in [4.78, 5) is 10.8. The number of carbonyl (C=O) groups is 1. The van der Waals surface area contributed by atoms with Gasteiger partial charge in [0, 0.05) is 5.69 Å². The Morgan fingerprint density at radius 3 is 2.65 bits per heavy atom. The molecule has 1 unspecified atom stereocenters. The lowest BCUT2D eigenvalue weighted by molar-refractivity contribution is -0.141. The zero-order valence-electron chi connectivity index (χ0n) is 11.7. The minimum atomic E-state index is -0.762. The van der Waals surface area contributed by atoms with Crippen molar-refractivity contribution in [2.45, 2.75) is 26.8 Å². The second-order valence-electron chi connectivity index (χ2n) is 5.03. The van der Waals surface area contributed by atoms with Crippen LogP contribution >= 0.6 is 0 Å². The lowest BCUT2D eigenvalue weighted by atomic mass is 10.0. The number of carboxylic acid groups (broad SMARTS) is 1. The van der Waals surface area contributed by atoms with E-state index in [4.69, 9.17) is 5.11 Å². The van der Waals surface area contributed by atoms with Crippen LogP contribution in [0.5, 0.6) is 0 Å². The second kappa shape index (κ2) is 6.23. The molecular formula is C15H19N3O2. The van der Waals surface area contributed by atoms with Crippen LogP contribution in [0.25, 0.3) is 0 Å². The first-order valence-corrected chi connectivity index (χ1v) is 6.60. The number of aromatic amines is 1. The first-order valence-electron chi connectivity index (χ1n) is 6.60. The molecule has 3 N–H and O–H groups in total. The Morgan fingerprint density at radius 2 is 2.10 bits per heavy atom. The number of nitrogens with one attached hydrogen (secondary N) is 2. The summed E-state index contributed by atoms with van der Waals surface area (Å²) in [6.45, 7) is 4.42. The molecule has 0 aliphatic carbocycles. The molecule has 5 nitrogen and oxygen atoms in total. The molecule has 2 aromatic rings. The molecule has 0 fully saturated rings. The number of aromatic nitrogens is 2. The van der Waals surface area contributed by atoms with E-state index in [0.717, 1.165) is 22.5 Å². The van der Waals surface area contributed by atoms with Crippen molar-refractivity contribution >= 4 is 11.7 Å². The van der Waals surface area contributed by atoms with E-state index in [-0.39, 0.29) is 5.92 Å². The maximum Gasteiger partial charge on any atom is 0.306 e. The van der Waals surface area contributed by atoms with Gasteiger partial charge >= 0.3 is 5.97 Å². The molecule has 0 aliphatic heterocycles. The van der Waals surface area contributed by atoms with Crippen molar-refractivity contribution in [2.75, 3.05) is 5.32 Å². The summed E-state index contributed by atoms with van der Waals surface area (Å²) in [6.07, 6.45) is 2.35. The Labute approximate surface area is 118 Å². The van der Waals surface area contributed by atoms with Gasteiger partial charge in [0.2, 0.25) is 0 Å². The van der Waals surface area contributed by atoms with E-state index in [2.05, 4.69) is 15.5 Å². The van der Waals surface area contributed by atoms with Crippen LogP contribution in [-0.2, 0) is 17.8 Å². The van der Waals surface area contributed by atoms with Gasteiger partial charge in [-0.15, -0.1) is 0 Å². The quantitative estimate of drug-likeness (QED) is 0.756. The van der Waals surface area contributed by atoms with Gasteiger partial charge in [-0.1, -0.05) is 19.1 Å². The number of hydrogen-bond acceptors (Lipinski definition) is 3. The van der Waals surface area contributed by atoms with E-state index < -0.39 is 5.97 Å². The van der Waals surface area contributed by atoms with Gasteiger partial charge in [-0.05, 0) is 36.6 Å². The monoisotopic (exact) mass is 273 g/mol. The summed E-state index contributed by atoms with van der Waals surface area (Å²) in [5.41, 5.74) is 4.23. The maximum atomic E-state index is 10.8. The van der Waals surface area contributed by atoms with Crippen LogP contribution < -0.4 is 5.32 Å². The van der Waals surface area contributed by atoms with Crippen molar-refractivity contribution in [3.8, 4) is 0 Å². The molecule has 20 heavy (non-hydrogen) atoms. The van der Waals surface area contributed by atoms with Crippen molar-refractivity contribution in [1.29, 1.82) is 0 Å². The lowest BCUT2D eigenvalue weighted by Gasteiger charge is -2.09. The zero-order chi connectivity index (χ0) is 14.5. The van der Waals surface area contributed by atoms with Crippen molar-refractivity contribution in [1.82, 2.24) is 10.2 Å². The molecule has 0 aliphatic rings. The van der Waals surface area contributed by atoms with Gasteiger partial charge in [0.25, 0.3) is 0 Å². The summed E-state index contributed by atoms with van der Waals surface area (Å²) in [7, 11) is 0. The Hall–Kier alpha value is -2.30. The fraction of sp³-hybridized carbons (Fsp3) is 0.333. The average molecular weight is 273 g/mol. The molecule has 0 bridgehead atoms. The number of carboxylic acids is 1. The minimum Gasteiger partial charge on any atom is -0.481 e. The lowest BCUT2D eigenvalue weighted by Crippen LogP contribution is -2.12. The van der Waals surface area contributed by atoms with Crippen LogP contribution in [0.3, 0.4) is 0 Å². The van der Waals surface area contributed by atoms with Crippen molar-refractivity contribution in [3.63, 3.8) is 0 Å². The highest BCUT2D eigenvalue weighted by molar-refractivity contribution is 5.69. The van der Waals surface area contributed by atoms with E-state index in [0.29, 0.717) is 13.0 Å². The van der Waals surface area contributed by atoms with Crippen LogP contribution in [0.1, 0.15) is 23.7 Å². The molecule has 0 saturated carbocycles. The highest BCUT2D eigenvalue weighted by Gasteiger charge is 2.11. The topological polar surface area (TPSA) is 78.0 Å². The number of aliphatic carboxylic acids is 1. The predicted molar refractivity (Wildman–Crippen MR) is 77.6 cm³/mol. The fourth-order valence-electron chi connectivity index (χ4n) is 1.94. The summed E-state index contributed by atoms with van der Waals surface area (Å²) in [5, 5.41) is 19.1. The van der Waals surface area contributed by atoms with E-state index in [1.807, 2.05) is 31.2 Å². The number of nitrogens with zero attached hydrogens (tertiary/aromatic N) is 1. The highest BCUT2D eigenvalue weighted by atomic mass is 16.4. The van der Waals surface area contributed by atoms with Gasteiger partial charge in [0.15, 0.2) is 0 Å². The number of rotatable bonds is 6. The predicted octanol–water partition coefficient (Wildman–Crippen LogP) is 2.59. The van der Waals surface area contributed by atoms with E-state index in [9.17, 15) is 4.79 Å². The number of benzene rings is 1. The second-order valence-corrected chi connectivity index (χ2v) is 5.03. The molecule has 0 saturated heterocycles. The van der Waals surface area contributed by atoms with Crippen molar-refractivity contribution in [2.24, 2.45) is 5.92 Å².